The summed E-state index contributed by atoms with van der Waals surface area (Å²) in [5.41, 5.74) is 1.08. The van der Waals surface area contributed by atoms with E-state index in [9.17, 15) is 0 Å². The van der Waals surface area contributed by atoms with E-state index in [4.69, 9.17) is 14.2 Å². The summed E-state index contributed by atoms with van der Waals surface area (Å²) in [5.74, 6) is 1.70. The van der Waals surface area contributed by atoms with Crippen LogP contribution in [0.4, 0.5) is 0 Å². The molecule has 0 aromatic heterocycles. The normalized spacial score (nSPS) is 12.2. The largest absolute Gasteiger partial charge is 0.497 e. The Morgan fingerprint density at radius 3 is 2.53 bits per heavy atom. The summed E-state index contributed by atoms with van der Waals surface area (Å²) in [4.78, 5) is 0. The van der Waals surface area contributed by atoms with Gasteiger partial charge in [0, 0.05) is 25.3 Å². The summed E-state index contributed by atoms with van der Waals surface area (Å²) in [6, 6.07) is 6.08. The molecule has 0 unspecified atom stereocenters. The van der Waals surface area contributed by atoms with E-state index in [-0.39, 0.29) is 0 Å². The van der Waals surface area contributed by atoms with Gasteiger partial charge < -0.3 is 19.5 Å². The van der Waals surface area contributed by atoms with Gasteiger partial charge in [-0.1, -0.05) is 0 Å². The number of methoxy groups -OCH3 is 3. The Balaban J connectivity index is 2.67. The second kappa shape index (κ2) is 7.14. The van der Waals surface area contributed by atoms with Crippen LogP contribution in [0.25, 0.3) is 0 Å². The van der Waals surface area contributed by atoms with Crippen molar-refractivity contribution in [3.8, 4) is 11.5 Å². The van der Waals surface area contributed by atoms with Crippen LogP contribution < -0.4 is 14.8 Å². The van der Waals surface area contributed by atoms with Crippen molar-refractivity contribution in [1.29, 1.82) is 0 Å². The van der Waals surface area contributed by atoms with Gasteiger partial charge in [0.05, 0.1) is 20.8 Å². The molecule has 1 aromatic rings. The van der Waals surface area contributed by atoms with Crippen LogP contribution in [-0.2, 0) is 11.3 Å². The molecular weight excluding hydrogens is 218 g/mol. The molecule has 1 rings (SSSR count). The first-order chi connectivity index (χ1) is 8.21. The minimum atomic E-state index is 0.302. The lowest BCUT2D eigenvalue weighted by molar-refractivity contribution is 0.171. The molecule has 0 spiro atoms. The van der Waals surface area contributed by atoms with Crippen molar-refractivity contribution >= 4 is 0 Å². The molecule has 0 bridgehead atoms. The lowest BCUT2D eigenvalue weighted by atomic mass is 10.1. The van der Waals surface area contributed by atoms with Crippen LogP contribution in [-0.4, -0.2) is 34.0 Å². The van der Waals surface area contributed by atoms with Gasteiger partial charge >= 0.3 is 0 Å². The highest BCUT2D eigenvalue weighted by Gasteiger charge is 2.07. The minimum absolute atomic E-state index is 0.302. The predicted molar refractivity (Wildman–Crippen MR) is 67.7 cm³/mol. The first-order valence-corrected chi connectivity index (χ1v) is 5.64. The highest BCUT2D eigenvalue weighted by Crippen LogP contribution is 2.23. The van der Waals surface area contributed by atoms with Gasteiger partial charge in [-0.05, 0) is 25.1 Å². The first-order valence-electron chi connectivity index (χ1n) is 5.64. The van der Waals surface area contributed by atoms with Crippen molar-refractivity contribution in [3.63, 3.8) is 0 Å². The molecule has 1 aromatic carbocycles. The Morgan fingerprint density at radius 1 is 1.18 bits per heavy atom. The van der Waals surface area contributed by atoms with Gasteiger partial charge in [-0.2, -0.15) is 0 Å². The van der Waals surface area contributed by atoms with Gasteiger partial charge in [-0.3, -0.25) is 0 Å². The maximum Gasteiger partial charge on any atom is 0.123 e. The molecular formula is C13H21NO3. The maximum atomic E-state index is 5.31. The Hall–Kier alpha value is -1.26. The molecule has 0 aliphatic carbocycles. The van der Waals surface area contributed by atoms with Crippen molar-refractivity contribution in [1.82, 2.24) is 5.32 Å². The van der Waals surface area contributed by atoms with Crippen LogP contribution in [0.15, 0.2) is 18.2 Å². The van der Waals surface area contributed by atoms with Crippen molar-refractivity contribution in [2.24, 2.45) is 0 Å². The SMILES string of the molecule is COC[C@@H](C)NCc1cc(OC)ccc1OC. The Kier molecular flexibility index (Phi) is 5.80. The molecule has 0 aliphatic heterocycles. The summed E-state index contributed by atoms with van der Waals surface area (Å²) in [6.07, 6.45) is 0. The van der Waals surface area contributed by atoms with Crippen molar-refractivity contribution in [3.05, 3.63) is 23.8 Å². The number of nitrogens with one attached hydrogen (secondary N) is 1. The van der Waals surface area contributed by atoms with Crippen molar-refractivity contribution in [2.75, 3.05) is 27.9 Å². The third-order valence-electron chi connectivity index (χ3n) is 2.55. The minimum Gasteiger partial charge on any atom is -0.497 e. The Bertz CT molecular complexity index is 341. The van der Waals surface area contributed by atoms with Gasteiger partial charge in [-0.25, -0.2) is 0 Å². The van der Waals surface area contributed by atoms with Crippen LogP contribution >= 0.6 is 0 Å². The first kappa shape index (κ1) is 13.8. The fourth-order valence-corrected chi connectivity index (χ4v) is 1.61. The van der Waals surface area contributed by atoms with E-state index in [0.29, 0.717) is 12.6 Å². The van der Waals surface area contributed by atoms with Crippen molar-refractivity contribution in [2.45, 2.75) is 19.5 Å². The number of hydrogen-bond acceptors (Lipinski definition) is 4. The molecule has 0 fully saturated rings. The van der Waals surface area contributed by atoms with Crippen LogP contribution in [0.3, 0.4) is 0 Å². The predicted octanol–water partition coefficient (Wildman–Crippen LogP) is 1.83. The van der Waals surface area contributed by atoms with E-state index in [1.165, 1.54) is 0 Å². The van der Waals surface area contributed by atoms with E-state index >= 15 is 0 Å². The van der Waals surface area contributed by atoms with Gasteiger partial charge in [-0.15, -0.1) is 0 Å². The standard InChI is InChI=1S/C13H21NO3/c1-10(9-15-2)14-8-11-7-12(16-3)5-6-13(11)17-4/h5-7,10,14H,8-9H2,1-4H3/t10-/m1/s1. The Morgan fingerprint density at radius 2 is 1.94 bits per heavy atom. The topological polar surface area (TPSA) is 39.7 Å². The molecule has 1 N–H and O–H groups in total. The molecule has 4 nitrogen and oxygen atoms in total. The van der Waals surface area contributed by atoms with Crippen LogP contribution in [0.2, 0.25) is 0 Å². The molecule has 0 aliphatic rings. The molecule has 0 radical (unpaired) electrons. The van der Waals surface area contributed by atoms with Gasteiger partial charge in [0.25, 0.3) is 0 Å². The fourth-order valence-electron chi connectivity index (χ4n) is 1.61. The second-order valence-corrected chi connectivity index (χ2v) is 3.92. The summed E-state index contributed by atoms with van der Waals surface area (Å²) in [6.45, 7) is 3.49. The number of benzene rings is 1. The van der Waals surface area contributed by atoms with Crippen LogP contribution in [0.1, 0.15) is 12.5 Å². The number of ether oxygens (including phenoxy) is 3. The smallest absolute Gasteiger partial charge is 0.123 e. The second-order valence-electron chi connectivity index (χ2n) is 3.92. The zero-order valence-electron chi connectivity index (χ0n) is 10.9. The maximum absolute atomic E-state index is 5.31. The third kappa shape index (κ3) is 4.24. The summed E-state index contributed by atoms with van der Waals surface area (Å²) >= 11 is 0. The zero-order valence-corrected chi connectivity index (χ0v) is 10.9. The number of rotatable bonds is 7. The van der Waals surface area contributed by atoms with Gasteiger partial charge in [0.2, 0.25) is 0 Å². The van der Waals surface area contributed by atoms with Gasteiger partial charge in [0.15, 0.2) is 0 Å². The van der Waals surface area contributed by atoms with Crippen molar-refractivity contribution < 1.29 is 14.2 Å². The van der Waals surface area contributed by atoms with E-state index in [0.717, 1.165) is 23.6 Å². The van der Waals surface area contributed by atoms with Crippen LogP contribution in [0.5, 0.6) is 11.5 Å². The molecule has 0 saturated heterocycles. The summed E-state index contributed by atoms with van der Waals surface area (Å²) < 4.78 is 15.6. The Labute approximate surface area is 103 Å². The van der Waals surface area contributed by atoms with E-state index in [1.807, 2.05) is 18.2 Å². The summed E-state index contributed by atoms with van der Waals surface area (Å²) in [7, 11) is 5.03. The fraction of sp³-hybridized carbons (Fsp3) is 0.538. The molecule has 96 valence electrons. The van der Waals surface area contributed by atoms with Crippen LogP contribution in [0, 0.1) is 0 Å². The van der Waals surface area contributed by atoms with E-state index < -0.39 is 0 Å². The average Bonchev–Trinajstić information content (AvgIpc) is 2.36. The molecule has 17 heavy (non-hydrogen) atoms. The average molecular weight is 239 g/mol. The monoisotopic (exact) mass is 239 g/mol. The number of hydrogen-bond donors (Lipinski definition) is 1. The highest BCUT2D eigenvalue weighted by molar-refractivity contribution is 5.40. The zero-order chi connectivity index (χ0) is 12.7. The molecule has 1 atom stereocenters. The molecule has 4 heteroatoms. The van der Waals surface area contributed by atoms with Gasteiger partial charge in [0.1, 0.15) is 11.5 Å². The summed E-state index contributed by atoms with van der Waals surface area (Å²) in [5, 5.41) is 3.37. The lowest BCUT2D eigenvalue weighted by Gasteiger charge is -2.15. The molecule has 0 heterocycles. The lowest BCUT2D eigenvalue weighted by Crippen LogP contribution is -2.29. The van der Waals surface area contributed by atoms with E-state index in [2.05, 4.69) is 12.2 Å². The molecule has 0 saturated carbocycles. The van der Waals surface area contributed by atoms with E-state index in [1.54, 1.807) is 21.3 Å². The molecule has 0 amide bonds. The third-order valence-corrected chi connectivity index (χ3v) is 2.55. The highest BCUT2D eigenvalue weighted by atomic mass is 16.5. The quantitative estimate of drug-likeness (QED) is 0.788.